The normalized spacial score (nSPS) is 19.0. The zero-order valence-electron chi connectivity index (χ0n) is 18.7. The summed E-state index contributed by atoms with van der Waals surface area (Å²) in [7, 11) is 1.63. The first-order valence-corrected chi connectivity index (χ1v) is 11.2. The molecule has 1 atom stereocenters. The van der Waals surface area contributed by atoms with E-state index in [2.05, 4.69) is 9.97 Å². The van der Waals surface area contributed by atoms with E-state index in [9.17, 15) is 9.59 Å². The number of aryl methyl sites for hydroxylation is 1. The smallest absolute Gasteiger partial charge is 0.257 e. The Morgan fingerprint density at radius 2 is 1.88 bits per heavy atom. The van der Waals surface area contributed by atoms with Gasteiger partial charge >= 0.3 is 0 Å². The molecule has 32 heavy (non-hydrogen) atoms. The van der Waals surface area contributed by atoms with Crippen LogP contribution in [0.15, 0.2) is 30.5 Å². The summed E-state index contributed by atoms with van der Waals surface area (Å²) in [6, 6.07) is 7.60. The van der Waals surface area contributed by atoms with E-state index in [0.29, 0.717) is 56.4 Å². The molecule has 1 aromatic heterocycles. The number of hydrogen-bond donors (Lipinski definition) is 0. The lowest BCUT2D eigenvalue weighted by Crippen LogP contribution is -2.41. The number of rotatable bonds is 5. The molecule has 1 aromatic carbocycles. The Kier molecular flexibility index (Phi) is 6.99. The second-order valence-corrected chi connectivity index (χ2v) is 8.34. The summed E-state index contributed by atoms with van der Waals surface area (Å²) in [5.41, 5.74) is 2.20. The maximum atomic E-state index is 12.9. The average molecular weight is 439 g/mol. The molecule has 2 aliphatic heterocycles. The average Bonchev–Trinajstić information content (AvgIpc) is 2.84. The van der Waals surface area contributed by atoms with Crippen molar-refractivity contribution in [3.8, 4) is 5.75 Å². The highest BCUT2D eigenvalue weighted by Gasteiger charge is 2.28. The number of amides is 2. The molecule has 2 fully saturated rings. The van der Waals surface area contributed by atoms with Gasteiger partial charge in [0.2, 0.25) is 5.91 Å². The van der Waals surface area contributed by atoms with Crippen molar-refractivity contribution in [1.29, 1.82) is 0 Å². The van der Waals surface area contributed by atoms with Gasteiger partial charge in [0.05, 0.1) is 38.0 Å². The van der Waals surface area contributed by atoms with Crippen LogP contribution in [0.2, 0.25) is 0 Å². The quantitative estimate of drug-likeness (QED) is 0.712. The van der Waals surface area contributed by atoms with Crippen molar-refractivity contribution in [2.24, 2.45) is 0 Å². The zero-order chi connectivity index (χ0) is 22.5. The van der Waals surface area contributed by atoms with Gasteiger partial charge in [0, 0.05) is 38.3 Å². The Hall–Kier alpha value is -3.00. The predicted molar refractivity (Wildman–Crippen MR) is 119 cm³/mol. The first kappa shape index (κ1) is 22.2. The molecule has 0 unspecified atom stereocenters. The lowest BCUT2D eigenvalue weighted by Gasteiger charge is -2.32. The summed E-state index contributed by atoms with van der Waals surface area (Å²) in [6.45, 7) is 5.51. The van der Waals surface area contributed by atoms with E-state index in [1.54, 1.807) is 18.2 Å². The number of piperidine rings is 1. The van der Waals surface area contributed by atoms with E-state index in [1.165, 1.54) is 0 Å². The van der Waals surface area contributed by atoms with E-state index < -0.39 is 0 Å². The highest BCUT2D eigenvalue weighted by atomic mass is 16.5. The number of carbonyl (C=O) groups is 2. The molecular weight excluding hydrogens is 408 g/mol. The number of likely N-dealkylation sites (tertiary alicyclic amines) is 1. The maximum Gasteiger partial charge on any atom is 0.257 e. The Balaban J connectivity index is 1.40. The summed E-state index contributed by atoms with van der Waals surface area (Å²) in [5, 5.41) is 0. The van der Waals surface area contributed by atoms with Crippen molar-refractivity contribution in [3.63, 3.8) is 0 Å². The van der Waals surface area contributed by atoms with Gasteiger partial charge in [0.25, 0.3) is 5.91 Å². The van der Waals surface area contributed by atoms with Gasteiger partial charge in [-0.15, -0.1) is 0 Å². The molecule has 2 saturated heterocycles. The molecule has 2 aromatic rings. The van der Waals surface area contributed by atoms with Gasteiger partial charge in [-0.25, -0.2) is 9.97 Å². The fourth-order valence-electron chi connectivity index (χ4n) is 4.27. The van der Waals surface area contributed by atoms with Gasteiger partial charge in [-0.05, 0) is 37.5 Å². The van der Waals surface area contributed by atoms with Crippen LogP contribution in [-0.4, -0.2) is 78.1 Å². The Bertz CT molecular complexity index is 957. The molecule has 2 amide bonds. The van der Waals surface area contributed by atoms with Crippen molar-refractivity contribution < 1.29 is 19.1 Å². The molecule has 2 aliphatic rings. The van der Waals surface area contributed by atoms with Crippen LogP contribution in [-0.2, 0) is 16.0 Å². The molecule has 8 nitrogen and oxygen atoms in total. The third kappa shape index (κ3) is 5.07. The summed E-state index contributed by atoms with van der Waals surface area (Å²) in [6.07, 6.45) is 3.86. The molecule has 0 spiro atoms. The van der Waals surface area contributed by atoms with Crippen LogP contribution in [0.5, 0.6) is 5.75 Å². The highest BCUT2D eigenvalue weighted by molar-refractivity contribution is 5.95. The number of ether oxygens (including phenoxy) is 2. The number of benzene rings is 1. The van der Waals surface area contributed by atoms with Crippen LogP contribution in [0.4, 0.5) is 0 Å². The Labute approximate surface area is 188 Å². The van der Waals surface area contributed by atoms with E-state index in [0.717, 1.165) is 30.7 Å². The van der Waals surface area contributed by atoms with Crippen molar-refractivity contribution in [1.82, 2.24) is 19.8 Å². The Morgan fingerprint density at radius 3 is 2.56 bits per heavy atom. The van der Waals surface area contributed by atoms with Gasteiger partial charge in [-0.2, -0.15) is 0 Å². The molecular formula is C24H30N4O4. The molecule has 0 aliphatic carbocycles. The largest absolute Gasteiger partial charge is 0.497 e. The lowest BCUT2D eigenvalue weighted by molar-refractivity contribution is -0.131. The summed E-state index contributed by atoms with van der Waals surface area (Å²) >= 11 is 0. The molecule has 0 N–H and O–H groups in total. The van der Waals surface area contributed by atoms with E-state index in [4.69, 9.17) is 9.47 Å². The Morgan fingerprint density at radius 1 is 1.12 bits per heavy atom. The van der Waals surface area contributed by atoms with Crippen molar-refractivity contribution in [3.05, 3.63) is 53.1 Å². The third-order valence-electron chi connectivity index (χ3n) is 6.18. The van der Waals surface area contributed by atoms with E-state index in [-0.39, 0.29) is 17.7 Å². The minimum Gasteiger partial charge on any atom is -0.497 e. The van der Waals surface area contributed by atoms with Crippen molar-refractivity contribution in [2.45, 2.75) is 32.1 Å². The first-order valence-electron chi connectivity index (χ1n) is 11.2. The van der Waals surface area contributed by atoms with E-state index in [1.807, 2.05) is 36.1 Å². The van der Waals surface area contributed by atoms with Gasteiger partial charge < -0.3 is 19.3 Å². The van der Waals surface area contributed by atoms with Gasteiger partial charge in [0.1, 0.15) is 11.6 Å². The molecule has 0 bridgehead atoms. The first-order chi connectivity index (χ1) is 15.5. The van der Waals surface area contributed by atoms with Crippen LogP contribution in [0.1, 0.15) is 46.2 Å². The second-order valence-electron chi connectivity index (χ2n) is 8.34. The summed E-state index contributed by atoms with van der Waals surface area (Å²) < 4.78 is 10.5. The molecule has 0 radical (unpaired) electrons. The lowest BCUT2D eigenvalue weighted by atomic mass is 9.96. The number of nitrogens with zero attached hydrogens (tertiary/aromatic N) is 4. The van der Waals surface area contributed by atoms with Crippen molar-refractivity contribution in [2.75, 3.05) is 46.5 Å². The number of hydrogen-bond acceptors (Lipinski definition) is 6. The predicted octanol–water partition coefficient (Wildman–Crippen LogP) is 2.21. The highest BCUT2D eigenvalue weighted by Crippen LogP contribution is 2.26. The van der Waals surface area contributed by atoms with Crippen LogP contribution in [0.3, 0.4) is 0 Å². The van der Waals surface area contributed by atoms with E-state index >= 15 is 0 Å². The zero-order valence-corrected chi connectivity index (χ0v) is 18.7. The fraction of sp³-hybridized carbons (Fsp3) is 0.500. The third-order valence-corrected chi connectivity index (χ3v) is 6.18. The summed E-state index contributed by atoms with van der Waals surface area (Å²) in [4.78, 5) is 38.6. The SMILES string of the molecule is COc1ccc(CC(=O)N2CCC[C@@H](c3ncc(C(=O)N4CCOCC4)c(C)n3)C2)cc1. The fourth-order valence-corrected chi connectivity index (χ4v) is 4.27. The number of aromatic nitrogens is 2. The van der Waals surface area contributed by atoms with Gasteiger partial charge in [-0.3, -0.25) is 9.59 Å². The molecule has 3 heterocycles. The molecule has 4 rings (SSSR count). The van der Waals surface area contributed by atoms with Crippen LogP contribution < -0.4 is 4.74 Å². The topological polar surface area (TPSA) is 84.9 Å². The number of methoxy groups -OCH3 is 1. The molecule has 8 heteroatoms. The standard InChI is InChI=1S/C24H30N4O4/c1-17-21(24(30)27-10-12-32-13-11-27)15-25-23(26-17)19-4-3-9-28(16-19)22(29)14-18-5-7-20(31-2)8-6-18/h5-8,15,19H,3-4,9-14,16H2,1-2H3/t19-/m1/s1. The number of morpholine rings is 1. The number of carbonyl (C=O) groups excluding carboxylic acids is 2. The minimum atomic E-state index is -0.0442. The van der Waals surface area contributed by atoms with Crippen molar-refractivity contribution >= 4 is 11.8 Å². The van der Waals surface area contributed by atoms with Crippen LogP contribution in [0.25, 0.3) is 0 Å². The van der Waals surface area contributed by atoms with Crippen LogP contribution in [0, 0.1) is 6.92 Å². The monoisotopic (exact) mass is 438 g/mol. The minimum absolute atomic E-state index is 0.0442. The molecule has 170 valence electrons. The van der Waals surface area contributed by atoms with Gasteiger partial charge in [0.15, 0.2) is 0 Å². The molecule has 0 saturated carbocycles. The van der Waals surface area contributed by atoms with Gasteiger partial charge in [-0.1, -0.05) is 12.1 Å². The summed E-state index contributed by atoms with van der Waals surface area (Å²) in [5.74, 6) is 1.63. The maximum absolute atomic E-state index is 12.9. The van der Waals surface area contributed by atoms with Crippen LogP contribution >= 0.6 is 0 Å². The second kappa shape index (κ2) is 10.1.